The lowest BCUT2D eigenvalue weighted by molar-refractivity contribution is -0.138. The number of allylic oxidation sites excluding steroid dienone is 1. The fourth-order valence-corrected chi connectivity index (χ4v) is 3.18. The molecule has 0 bridgehead atoms. The lowest BCUT2D eigenvalue weighted by Crippen LogP contribution is -2.07. The van der Waals surface area contributed by atoms with E-state index in [-0.39, 0.29) is 23.5 Å². The summed E-state index contributed by atoms with van der Waals surface area (Å²) in [5, 5.41) is 17.8. The molecule has 0 aromatic heterocycles. The number of rotatable bonds is 10. The van der Waals surface area contributed by atoms with Gasteiger partial charge in [-0.2, -0.15) is 13.2 Å². The van der Waals surface area contributed by atoms with Gasteiger partial charge in [-0.3, -0.25) is 4.79 Å². The summed E-state index contributed by atoms with van der Waals surface area (Å²) in [5.74, 6) is -2.03. The van der Waals surface area contributed by atoms with Crippen LogP contribution in [0.3, 0.4) is 0 Å². The Morgan fingerprint density at radius 2 is 1.63 bits per heavy atom. The maximum Gasteiger partial charge on any atom is 0.416 e. The molecule has 2 aromatic carbocycles. The van der Waals surface area contributed by atoms with E-state index in [1.165, 1.54) is 30.3 Å². The molecule has 0 heterocycles. The molecule has 7 heteroatoms. The summed E-state index contributed by atoms with van der Waals surface area (Å²) in [5.41, 5.74) is 0.377. The molecule has 0 aliphatic carbocycles. The third kappa shape index (κ3) is 7.39. The van der Waals surface area contributed by atoms with Crippen molar-refractivity contribution in [2.45, 2.75) is 38.3 Å². The Balaban J connectivity index is 2.17. The van der Waals surface area contributed by atoms with Gasteiger partial charge in [-0.05, 0) is 54.5 Å². The second-order valence-corrected chi connectivity index (χ2v) is 7.05. The Morgan fingerprint density at radius 3 is 2.23 bits per heavy atom. The number of carbonyl (C=O) groups is 2. The Hall–Kier alpha value is -3.09. The van der Waals surface area contributed by atoms with Gasteiger partial charge in [0.2, 0.25) is 0 Å². The summed E-state index contributed by atoms with van der Waals surface area (Å²) >= 11 is 0. The minimum absolute atomic E-state index is 0.0423. The number of halogens is 3. The fraction of sp³-hybridized carbons (Fsp3) is 0.304. The van der Waals surface area contributed by atoms with E-state index in [4.69, 9.17) is 10.2 Å². The molecule has 2 N–H and O–H groups in total. The molecule has 1 atom stereocenters. The molecule has 2 rings (SSSR count). The second kappa shape index (κ2) is 10.6. The molecule has 0 amide bonds. The van der Waals surface area contributed by atoms with Crippen molar-refractivity contribution in [3.8, 4) is 0 Å². The van der Waals surface area contributed by atoms with Crippen LogP contribution < -0.4 is 0 Å². The van der Waals surface area contributed by atoms with Crippen LogP contribution in [0.4, 0.5) is 13.2 Å². The summed E-state index contributed by atoms with van der Waals surface area (Å²) in [7, 11) is 0. The van der Waals surface area contributed by atoms with Crippen molar-refractivity contribution in [3.63, 3.8) is 0 Å². The van der Waals surface area contributed by atoms with E-state index >= 15 is 0 Å². The Bertz CT molecular complexity index is 886. The Labute approximate surface area is 172 Å². The quantitative estimate of drug-likeness (QED) is 0.468. The predicted octanol–water partition coefficient (Wildman–Crippen LogP) is 5.92. The number of carboxylic acid groups (broad SMARTS) is 2. The molecule has 1 unspecified atom stereocenters. The van der Waals surface area contributed by atoms with Crippen LogP contribution in [0.5, 0.6) is 0 Å². The van der Waals surface area contributed by atoms with Crippen molar-refractivity contribution in [1.82, 2.24) is 0 Å². The molecular formula is C23H23F3O4. The van der Waals surface area contributed by atoms with Gasteiger partial charge >= 0.3 is 18.1 Å². The van der Waals surface area contributed by atoms with Gasteiger partial charge in [0.05, 0.1) is 11.1 Å². The van der Waals surface area contributed by atoms with Gasteiger partial charge in [0.15, 0.2) is 0 Å². The van der Waals surface area contributed by atoms with Crippen LogP contribution in [0.1, 0.15) is 52.7 Å². The number of alkyl halides is 3. The van der Waals surface area contributed by atoms with Crippen molar-refractivity contribution in [1.29, 1.82) is 0 Å². The molecular weight excluding hydrogens is 397 g/mol. The number of benzene rings is 2. The first-order valence-electron chi connectivity index (χ1n) is 9.55. The molecule has 0 saturated heterocycles. The molecule has 0 spiro atoms. The number of aliphatic carboxylic acids is 1. The molecule has 160 valence electrons. The van der Waals surface area contributed by atoms with E-state index in [1.807, 2.05) is 0 Å². The first-order chi connectivity index (χ1) is 14.2. The van der Waals surface area contributed by atoms with Gasteiger partial charge in [-0.1, -0.05) is 48.9 Å². The van der Waals surface area contributed by atoms with Gasteiger partial charge in [0.25, 0.3) is 0 Å². The van der Waals surface area contributed by atoms with Crippen LogP contribution in [-0.4, -0.2) is 22.2 Å². The summed E-state index contributed by atoms with van der Waals surface area (Å²) in [4.78, 5) is 21.7. The molecule has 0 aliphatic rings. The van der Waals surface area contributed by atoms with Gasteiger partial charge in [0.1, 0.15) is 0 Å². The van der Waals surface area contributed by atoms with Crippen LogP contribution in [0.2, 0.25) is 0 Å². The predicted molar refractivity (Wildman–Crippen MR) is 107 cm³/mol. The Morgan fingerprint density at radius 1 is 0.967 bits per heavy atom. The van der Waals surface area contributed by atoms with Crippen molar-refractivity contribution < 1.29 is 33.0 Å². The monoisotopic (exact) mass is 420 g/mol. The van der Waals surface area contributed by atoms with Gasteiger partial charge in [-0.15, -0.1) is 0 Å². The summed E-state index contributed by atoms with van der Waals surface area (Å²) in [6.07, 6.45) is 0.987. The smallest absolute Gasteiger partial charge is 0.416 e. The number of unbranched alkanes of at least 4 members (excludes halogenated alkanes) is 1. The standard InChI is InChI=1S/C23H23F3O4/c24-23(25,26)20-7-3-2-6-18(20)12-9-16(5-1-4-8-21(27)28)15-17-10-13-19(14-11-17)22(29)30/h2-3,6-7,9-14,16H,1,4-5,8,15H2,(H,27,28)(H,29,30)/b12-9+. The zero-order valence-corrected chi connectivity index (χ0v) is 16.2. The van der Waals surface area contributed by atoms with Crippen LogP contribution in [0, 0.1) is 5.92 Å². The zero-order chi connectivity index (χ0) is 22.1. The SMILES string of the molecule is O=C(O)CCCCC(/C=C/c1ccccc1C(F)(F)F)Cc1ccc(C(=O)O)cc1. The van der Waals surface area contributed by atoms with Crippen LogP contribution in [-0.2, 0) is 17.4 Å². The highest BCUT2D eigenvalue weighted by Gasteiger charge is 2.32. The maximum absolute atomic E-state index is 13.2. The molecule has 0 fully saturated rings. The Kier molecular flexibility index (Phi) is 8.21. The average Bonchev–Trinajstić information content (AvgIpc) is 2.69. The topological polar surface area (TPSA) is 74.6 Å². The van der Waals surface area contributed by atoms with Gasteiger partial charge in [0, 0.05) is 6.42 Å². The molecule has 2 aromatic rings. The molecule has 4 nitrogen and oxygen atoms in total. The first-order valence-corrected chi connectivity index (χ1v) is 9.55. The molecule has 0 saturated carbocycles. The minimum Gasteiger partial charge on any atom is -0.481 e. The third-order valence-corrected chi connectivity index (χ3v) is 4.73. The summed E-state index contributed by atoms with van der Waals surface area (Å²) in [6.45, 7) is 0. The fourth-order valence-electron chi connectivity index (χ4n) is 3.18. The van der Waals surface area contributed by atoms with Crippen molar-refractivity contribution in [2.75, 3.05) is 0 Å². The molecule has 30 heavy (non-hydrogen) atoms. The van der Waals surface area contributed by atoms with Crippen LogP contribution in [0.15, 0.2) is 54.6 Å². The largest absolute Gasteiger partial charge is 0.481 e. The number of hydrogen-bond donors (Lipinski definition) is 2. The van der Waals surface area contributed by atoms with Gasteiger partial charge < -0.3 is 10.2 Å². The van der Waals surface area contributed by atoms with Crippen LogP contribution >= 0.6 is 0 Å². The zero-order valence-electron chi connectivity index (χ0n) is 16.2. The van der Waals surface area contributed by atoms with Crippen molar-refractivity contribution >= 4 is 18.0 Å². The van der Waals surface area contributed by atoms with Crippen molar-refractivity contribution in [3.05, 3.63) is 76.9 Å². The number of hydrogen-bond acceptors (Lipinski definition) is 2. The maximum atomic E-state index is 13.2. The molecule has 0 radical (unpaired) electrons. The van der Waals surface area contributed by atoms with E-state index in [0.717, 1.165) is 11.6 Å². The first kappa shape index (κ1) is 23.2. The number of aromatic carboxylic acids is 1. The highest BCUT2D eigenvalue weighted by atomic mass is 19.4. The minimum atomic E-state index is -4.45. The van der Waals surface area contributed by atoms with Crippen LogP contribution in [0.25, 0.3) is 6.08 Å². The van der Waals surface area contributed by atoms with E-state index in [9.17, 15) is 22.8 Å². The van der Waals surface area contributed by atoms with E-state index in [1.54, 1.807) is 24.3 Å². The number of carboxylic acids is 2. The second-order valence-electron chi connectivity index (χ2n) is 7.05. The highest BCUT2D eigenvalue weighted by Crippen LogP contribution is 2.33. The lowest BCUT2D eigenvalue weighted by atomic mass is 9.92. The lowest BCUT2D eigenvalue weighted by Gasteiger charge is -2.14. The third-order valence-electron chi connectivity index (χ3n) is 4.73. The highest BCUT2D eigenvalue weighted by molar-refractivity contribution is 5.87. The normalized spacial score (nSPS) is 12.8. The van der Waals surface area contributed by atoms with E-state index in [0.29, 0.717) is 25.7 Å². The summed E-state index contributed by atoms with van der Waals surface area (Å²) < 4.78 is 39.6. The average molecular weight is 420 g/mol. The van der Waals surface area contributed by atoms with Gasteiger partial charge in [-0.25, -0.2) is 4.79 Å². The van der Waals surface area contributed by atoms with E-state index < -0.39 is 23.7 Å². The van der Waals surface area contributed by atoms with Crippen molar-refractivity contribution in [2.24, 2.45) is 5.92 Å². The summed E-state index contributed by atoms with van der Waals surface area (Å²) in [6, 6.07) is 11.7. The van der Waals surface area contributed by atoms with E-state index in [2.05, 4.69) is 0 Å². The molecule has 0 aliphatic heterocycles.